The van der Waals surface area contributed by atoms with Gasteiger partial charge in [-0.2, -0.15) is 0 Å². The molecule has 3 aromatic rings. The van der Waals surface area contributed by atoms with Gasteiger partial charge >= 0.3 is 6.09 Å². The molecule has 2 heterocycles. The lowest BCUT2D eigenvalue weighted by Crippen LogP contribution is -2.47. The molecule has 1 amide bonds. The highest BCUT2D eigenvalue weighted by molar-refractivity contribution is 9.10. The number of anilines is 2. The number of carbonyl (C=O) groups excluding carboxylic acids is 1. The summed E-state index contributed by atoms with van der Waals surface area (Å²) in [5.41, 5.74) is -0.434. The van der Waals surface area contributed by atoms with Crippen LogP contribution in [0.4, 0.5) is 16.4 Å². The van der Waals surface area contributed by atoms with Crippen LogP contribution in [0.15, 0.2) is 45.3 Å². The van der Waals surface area contributed by atoms with Crippen molar-refractivity contribution in [1.82, 2.24) is 20.5 Å². The summed E-state index contributed by atoms with van der Waals surface area (Å²) in [6.45, 7) is 10.0. The Morgan fingerprint density at radius 2 is 1.85 bits per heavy atom. The largest absolute Gasteiger partial charge is 0.444 e. The smallest absolute Gasteiger partial charge is 0.408 e. The minimum absolute atomic E-state index is 0.130. The van der Waals surface area contributed by atoms with Gasteiger partial charge in [-0.1, -0.05) is 37.3 Å². The molecule has 0 aliphatic heterocycles. The summed E-state index contributed by atoms with van der Waals surface area (Å²) in [4.78, 5) is 17.4. The number of ether oxygens (including phenoxy) is 1. The van der Waals surface area contributed by atoms with E-state index in [1.165, 1.54) is 7.05 Å². The summed E-state index contributed by atoms with van der Waals surface area (Å²) in [5.74, 6) is 2.11. The van der Waals surface area contributed by atoms with Crippen molar-refractivity contribution in [3.8, 4) is 11.5 Å². The van der Waals surface area contributed by atoms with Crippen LogP contribution in [0.3, 0.4) is 0 Å². The molecule has 1 fully saturated rings. The van der Waals surface area contributed by atoms with Crippen molar-refractivity contribution < 1.29 is 22.4 Å². The molecule has 0 spiro atoms. The predicted molar refractivity (Wildman–Crippen MR) is 161 cm³/mol. The van der Waals surface area contributed by atoms with E-state index in [1.807, 2.05) is 30.3 Å². The quantitative estimate of drug-likeness (QED) is 0.298. The summed E-state index contributed by atoms with van der Waals surface area (Å²) in [6, 6.07) is 11.4. The molecule has 1 aliphatic rings. The molecule has 0 bridgehead atoms. The van der Waals surface area contributed by atoms with Crippen molar-refractivity contribution in [1.29, 1.82) is 0 Å². The number of benzene rings is 1. The summed E-state index contributed by atoms with van der Waals surface area (Å²) in [7, 11) is -2.19. The second kappa shape index (κ2) is 11.6. The second-order valence-electron chi connectivity index (χ2n) is 11.8. The van der Waals surface area contributed by atoms with Crippen molar-refractivity contribution in [2.24, 2.45) is 11.8 Å². The van der Waals surface area contributed by atoms with Crippen LogP contribution < -0.4 is 14.9 Å². The number of rotatable bonds is 10. The number of carbonyl (C=O) groups is 1. The number of amides is 1. The zero-order valence-electron chi connectivity index (χ0n) is 24.4. The van der Waals surface area contributed by atoms with Crippen LogP contribution in [-0.2, 0) is 26.7 Å². The molecule has 41 heavy (non-hydrogen) atoms. The Morgan fingerprint density at radius 3 is 2.44 bits per heavy atom. The molecule has 0 unspecified atom stereocenters. The summed E-state index contributed by atoms with van der Waals surface area (Å²) >= 11 is 3.52. The maximum Gasteiger partial charge on any atom is 0.408 e. The molecular formula is C28H37BrN6O5S. The molecule has 0 saturated heterocycles. The number of alkyl carbamates (subject to hydrolysis) is 1. The average molecular weight is 650 g/mol. The first-order valence-corrected chi connectivity index (χ1v) is 16.0. The van der Waals surface area contributed by atoms with Crippen molar-refractivity contribution >= 4 is 43.7 Å². The van der Waals surface area contributed by atoms with Gasteiger partial charge in [0.25, 0.3) is 0 Å². The number of hydrogen-bond donors (Lipinski definition) is 2. The minimum Gasteiger partial charge on any atom is -0.444 e. The average Bonchev–Trinajstić information content (AvgIpc) is 3.34. The van der Waals surface area contributed by atoms with E-state index in [9.17, 15) is 13.2 Å². The van der Waals surface area contributed by atoms with Gasteiger partial charge in [0.05, 0.1) is 16.3 Å². The van der Waals surface area contributed by atoms with Gasteiger partial charge in [-0.05, 0) is 73.5 Å². The van der Waals surface area contributed by atoms with Gasteiger partial charge in [0.15, 0.2) is 5.82 Å². The molecule has 4 rings (SSSR count). The molecular weight excluding hydrogens is 612 g/mol. The first kappa shape index (κ1) is 30.8. The fourth-order valence-electron chi connectivity index (χ4n) is 4.31. The van der Waals surface area contributed by atoms with E-state index in [0.29, 0.717) is 40.7 Å². The first-order chi connectivity index (χ1) is 19.1. The molecule has 1 saturated carbocycles. The molecule has 3 atom stereocenters. The number of nitrogens with one attached hydrogen (secondary N) is 2. The van der Waals surface area contributed by atoms with Crippen LogP contribution in [0, 0.1) is 11.8 Å². The van der Waals surface area contributed by atoms with Gasteiger partial charge in [0, 0.05) is 20.0 Å². The number of halogens is 1. The molecule has 2 aromatic heterocycles. The van der Waals surface area contributed by atoms with Crippen molar-refractivity contribution in [2.45, 2.75) is 58.6 Å². The molecule has 2 N–H and O–H groups in total. The summed E-state index contributed by atoms with van der Waals surface area (Å²) in [5, 5.41) is 14.9. The van der Waals surface area contributed by atoms with Gasteiger partial charge in [0.1, 0.15) is 17.0 Å². The van der Waals surface area contributed by atoms with Gasteiger partial charge < -0.3 is 19.8 Å². The standard InChI is InChI=1S/C28H37BrN6O5S/c1-17-13-19(17)16-30-21-14-20(22(29)23(31-21)35(6)41(7,37)38)24-33-34-25(39-24)28(5,15-18-11-9-8-10-12-18)32-26(36)40-27(2,3)4/h8-12,14,17,19H,13,15-16H2,1-7H3,(H,30,31)(H,32,36)/t17-,19+,28-/m1/s1. The van der Waals surface area contributed by atoms with E-state index in [1.54, 1.807) is 33.8 Å². The Labute approximate surface area is 249 Å². The van der Waals surface area contributed by atoms with E-state index in [2.05, 4.69) is 48.7 Å². The monoisotopic (exact) mass is 648 g/mol. The van der Waals surface area contributed by atoms with Crippen LogP contribution in [0.5, 0.6) is 0 Å². The molecule has 11 nitrogen and oxygen atoms in total. The van der Waals surface area contributed by atoms with Gasteiger partial charge in [0.2, 0.25) is 21.8 Å². The highest BCUT2D eigenvalue weighted by atomic mass is 79.9. The Hall–Kier alpha value is -3.19. The number of sulfonamides is 1. The number of hydrogen-bond acceptors (Lipinski definition) is 9. The second-order valence-corrected chi connectivity index (χ2v) is 14.6. The van der Waals surface area contributed by atoms with E-state index >= 15 is 0 Å². The van der Waals surface area contributed by atoms with Crippen LogP contribution in [0.1, 0.15) is 52.5 Å². The molecule has 1 aromatic carbocycles. The van der Waals surface area contributed by atoms with Crippen molar-refractivity contribution in [3.63, 3.8) is 0 Å². The van der Waals surface area contributed by atoms with Crippen LogP contribution in [0.25, 0.3) is 11.5 Å². The highest BCUT2D eigenvalue weighted by Gasteiger charge is 2.37. The third-order valence-electron chi connectivity index (χ3n) is 6.86. The van der Waals surface area contributed by atoms with Gasteiger partial charge in [-0.25, -0.2) is 18.2 Å². The zero-order valence-corrected chi connectivity index (χ0v) is 26.8. The maximum absolute atomic E-state index is 12.9. The lowest BCUT2D eigenvalue weighted by molar-refractivity contribution is 0.0443. The SMILES string of the molecule is C[C@@H]1C[C@H]1CNc1cc(-c2nnc([C@@](C)(Cc3ccccc3)NC(=O)OC(C)(C)C)o2)c(Br)c(N(C)S(C)(=O)=O)n1. The normalized spacial score (nSPS) is 18.3. The fraction of sp³-hybridized carbons (Fsp3) is 0.500. The third kappa shape index (κ3) is 7.76. The van der Waals surface area contributed by atoms with Crippen LogP contribution in [-0.4, -0.2) is 55.1 Å². The van der Waals surface area contributed by atoms with E-state index in [0.717, 1.165) is 22.5 Å². The molecule has 0 radical (unpaired) electrons. The Balaban J connectivity index is 1.74. The first-order valence-electron chi connectivity index (χ1n) is 13.3. The van der Waals surface area contributed by atoms with E-state index < -0.39 is 27.3 Å². The maximum atomic E-state index is 12.9. The van der Waals surface area contributed by atoms with Crippen LogP contribution in [0.2, 0.25) is 0 Å². The number of aromatic nitrogens is 3. The van der Waals surface area contributed by atoms with Crippen molar-refractivity contribution in [3.05, 3.63) is 52.3 Å². The summed E-state index contributed by atoms with van der Waals surface area (Å²) < 4.78 is 38.0. The zero-order chi connectivity index (χ0) is 30.2. The Morgan fingerprint density at radius 1 is 1.20 bits per heavy atom. The molecule has 222 valence electrons. The van der Waals surface area contributed by atoms with E-state index in [4.69, 9.17) is 9.15 Å². The Bertz CT molecular complexity index is 1510. The lowest BCUT2D eigenvalue weighted by Gasteiger charge is -2.29. The van der Waals surface area contributed by atoms with Gasteiger partial charge in [-0.15, -0.1) is 10.2 Å². The molecule has 1 aliphatic carbocycles. The highest BCUT2D eigenvalue weighted by Crippen LogP contribution is 2.40. The summed E-state index contributed by atoms with van der Waals surface area (Å²) in [6.07, 6.45) is 1.96. The topological polar surface area (TPSA) is 140 Å². The minimum atomic E-state index is -3.62. The number of pyridine rings is 1. The number of nitrogens with zero attached hydrogens (tertiary/aromatic N) is 4. The Kier molecular flexibility index (Phi) is 8.70. The van der Waals surface area contributed by atoms with E-state index in [-0.39, 0.29) is 17.6 Å². The van der Waals surface area contributed by atoms with Crippen LogP contribution >= 0.6 is 15.9 Å². The van der Waals surface area contributed by atoms with Crippen molar-refractivity contribution in [2.75, 3.05) is 29.5 Å². The molecule has 13 heteroatoms. The third-order valence-corrected chi connectivity index (χ3v) is 8.81. The fourth-order valence-corrected chi connectivity index (χ4v) is 5.51. The van der Waals surface area contributed by atoms with Gasteiger partial charge in [-0.3, -0.25) is 4.31 Å². The lowest BCUT2D eigenvalue weighted by atomic mass is 9.92. The predicted octanol–water partition coefficient (Wildman–Crippen LogP) is 5.34.